The summed E-state index contributed by atoms with van der Waals surface area (Å²) in [6.45, 7) is 2.56. The molecule has 5 nitrogen and oxygen atoms in total. The predicted octanol–water partition coefficient (Wildman–Crippen LogP) is 2.19. The first kappa shape index (κ1) is 17.4. The van der Waals surface area contributed by atoms with E-state index in [9.17, 15) is 13.2 Å². The van der Waals surface area contributed by atoms with Crippen molar-refractivity contribution in [3.05, 3.63) is 28.2 Å². The lowest BCUT2D eigenvalue weighted by molar-refractivity contribution is 0.0583. The van der Waals surface area contributed by atoms with Crippen LogP contribution in [-0.2, 0) is 9.84 Å². The summed E-state index contributed by atoms with van der Waals surface area (Å²) in [6, 6.07) is 4.59. The standard InChI is InChI=1S/C15H21BrN2O3S/c1-10(17)13-5-3-4-8-18(13)15(19)11-6-7-12(16)14(9-11)22(2,20)21/h6-7,9-10,13H,3-5,8,17H2,1-2H3/t10-,13-/m1/s1. The van der Waals surface area contributed by atoms with Gasteiger partial charge < -0.3 is 10.6 Å². The van der Waals surface area contributed by atoms with Crippen molar-refractivity contribution in [3.8, 4) is 0 Å². The second-order valence-electron chi connectivity index (χ2n) is 5.84. The van der Waals surface area contributed by atoms with Crippen LogP contribution in [0, 0.1) is 0 Å². The van der Waals surface area contributed by atoms with Crippen molar-refractivity contribution in [2.75, 3.05) is 12.8 Å². The number of hydrogen-bond donors (Lipinski definition) is 1. The monoisotopic (exact) mass is 388 g/mol. The molecule has 1 aromatic carbocycles. The molecule has 2 atom stereocenters. The van der Waals surface area contributed by atoms with E-state index in [0.717, 1.165) is 25.5 Å². The Labute approximate surface area is 139 Å². The van der Waals surface area contributed by atoms with Crippen molar-refractivity contribution in [1.82, 2.24) is 4.90 Å². The number of rotatable bonds is 3. The summed E-state index contributed by atoms with van der Waals surface area (Å²) in [4.78, 5) is 14.7. The summed E-state index contributed by atoms with van der Waals surface area (Å²) in [5.74, 6) is -0.153. The number of amides is 1. The molecule has 0 saturated carbocycles. The second kappa shape index (κ2) is 6.68. The van der Waals surface area contributed by atoms with Crippen molar-refractivity contribution in [3.63, 3.8) is 0 Å². The second-order valence-corrected chi connectivity index (χ2v) is 8.68. The summed E-state index contributed by atoms with van der Waals surface area (Å²) in [6.07, 6.45) is 4.03. The van der Waals surface area contributed by atoms with Crippen LogP contribution in [0.4, 0.5) is 0 Å². The van der Waals surface area contributed by atoms with Crippen LogP contribution < -0.4 is 5.73 Å². The zero-order valence-corrected chi connectivity index (χ0v) is 15.2. The molecule has 0 bridgehead atoms. The fourth-order valence-corrected chi connectivity index (χ4v) is 4.73. The smallest absolute Gasteiger partial charge is 0.254 e. The Kier molecular flexibility index (Phi) is 5.29. The van der Waals surface area contributed by atoms with Crippen molar-refractivity contribution >= 4 is 31.7 Å². The third-order valence-electron chi connectivity index (χ3n) is 3.99. The zero-order chi connectivity index (χ0) is 16.5. The van der Waals surface area contributed by atoms with Crippen LogP contribution in [0.3, 0.4) is 0 Å². The van der Waals surface area contributed by atoms with E-state index in [4.69, 9.17) is 5.73 Å². The maximum atomic E-state index is 12.8. The minimum Gasteiger partial charge on any atom is -0.334 e. The first-order valence-electron chi connectivity index (χ1n) is 7.28. The number of sulfone groups is 1. The minimum absolute atomic E-state index is 0.00609. The number of nitrogens with two attached hydrogens (primary N) is 1. The molecule has 1 heterocycles. The van der Waals surface area contributed by atoms with Crippen LogP contribution in [0.15, 0.2) is 27.6 Å². The summed E-state index contributed by atoms with van der Waals surface area (Å²) in [7, 11) is -3.39. The largest absolute Gasteiger partial charge is 0.334 e. The van der Waals surface area contributed by atoms with Crippen LogP contribution in [0.1, 0.15) is 36.5 Å². The van der Waals surface area contributed by atoms with E-state index in [1.807, 2.05) is 6.92 Å². The normalized spacial score (nSPS) is 20.7. The first-order valence-corrected chi connectivity index (χ1v) is 9.96. The molecule has 22 heavy (non-hydrogen) atoms. The average molecular weight is 389 g/mol. The van der Waals surface area contributed by atoms with Crippen LogP contribution in [0.5, 0.6) is 0 Å². The molecule has 0 aromatic heterocycles. The van der Waals surface area contributed by atoms with Crippen molar-refractivity contribution in [2.24, 2.45) is 5.73 Å². The average Bonchev–Trinajstić information content (AvgIpc) is 2.45. The van der Waals surface area contributed by atoms with Crippen LogP contribution in [-0.4, -0.2) is 44.1 Å². The fraction of sp³-hybridized carbons (Fsp3) is 0.533. The van der Waals surface area contributed by atoms with Crippen LogP contribution >= 0.6 is 15.9 Å². The van der Waals surface area contributed by atoms with Gasteiger partial charge in [0.15, 0.2) is 9.84 Å². The Hall–Kier alpha value is -0.920. The van der Waals surface area contributed by atoms with Gasteiger partial charge in [0.1, 0.15) is 0 Å². The van der Waals surface area contributed by atoms with E-state index in [-0.39, 0.29) is 22.9 Å². The SMILES string of the molecule is C[C@@H](N)[C@H]1CCCCN1C(=O)c1ccc(Br)c(S(C)(=O)=O)c1. The van der Waals surface area contributed by atoms with E-state index < -0.39 is 9.84 Å². The highest BCUT2D eigenvalue weighted by atomic mass is 79.9. The van der Waals surface area contributed by atoms with Gasteiger partial charge in [-0.2, -0.15) is 0 Å². The molecule has 0 spiro atoms. The van der Waals surface area contributed by atoms with Gasteiger partial charge in [-0.25, -0.2) is 8.42 Å². The Morgan fingerprint density at radius 3 is 2.68 bits per heavy atom. The van der Waals surface area contributed by atoms with Gasteiger partial charge in [0.05, 0.1) is 4.90 Å². The van der Waals surface area contributed by atoms with Gasteiger partial charge in [-0.1, -0.05) is 0 Å². The molecule has 1 amide bonds. The van der Waals surface area contributed by atoms with Gasteiger partial charge in [0.2, 0.25) is 0 Å². The minimum atomic E-state index is -3.39. The Morgan fingerprint density at radius 1 is 1.41 bits per heavy atom. The Morgan fingerprint density at radius 2 is 2.09 bits per heavy atom. The number of hydrogen-bond acceptors (Lipinski definition) is 4. The highest BCUT2D eigenvalue weighted by molar-refractivity contribution is 9.10. The third-order valence-corrected chi connectivity index (χ3v) is 6.09. The topological polar surface area (TPSA) is 80.5 Å². The summed E-state index contributed by atoms with van der Waals surface area (Å²) < 4.78 is 24.1. The summed E-state index contributed by atoms with van der Waals surface area (Å²) in [5.41, 5.74) is 6.38. The number of halogens is 1. The van der Waals surface area contributed by atoms with Gasteiger partial charge in [0.25, 0.3) is 5.91 Å². The number of likely N-dealkylation sites (tertiary alicyclic amines) is 1. The lowest BCUT2D eigenvalue weighted by Crippen LogP contribution is -2.51. The number of benzene rings is 1. The first-order chi connectivity index (χ1) is 10.2. The molecule has 2 rings (SSSR count). The quantitative estimate of drug-likeness (QED) is 0.860. The van der Waals surface area contributed by atoms with Crippen molar-refractivity contribution in [1.29, 1.82) is 0 Å². The highest BCUT2D eigenvalue weighted by Gasteiger charge is 2.30. The van der Waals surface area contributed by atoms with Crippen molar-refractivity contribution < 1.29 is 13.2 Å². The van der Waals surface area contributed by atoms with Crippen molar-refractivity contribution in [2.45, 2.75) is 43.2 Å². The van der Waals surface area contributed by atoms with E-state index in [1.54, 1.807) is 17.0 Å². The van der Waals surface area contributed by atoms with Gasteiger partial charge in [-0.15, -0.1) is 0 Å². The number of carbonyl (C=O) groups is 1. The molecule has 1 aliphatic heterocycles. The van der Waals surface area contributed by atoms with Crippen LogP contribution in [0.2, 0.25) is 0 Å². The molecule has 0 aliphatic carbocycles. The molecule has 7 heteroatoms. The zero-order valence-electron chi connectivity index (χ0n) is 12.8. The molecular weight excluding hydrogens is 368 g/mol. The molecule has 1 aromatic rings. The van der Waals surface area contributed by atoms with E-state index in [1.165, 1.54) is 6.07 Å². The molecule has 0 unspecified atom stereocenters. The van der Waals surface area contributed by atoms with Gasteiger partial charge in [0, 0.05) is 34.9 Å². The molecular formula is C15H21BrN2O3S. The molecule has 1 fully saturated rings. The Balaban J connectivity index is 2.37. The Bertz CT molecular complexity index is 673. The molecule has 0 radical (unpaired) electrons. The number of carbonyl (C=O) groups excluding carboxylic acids is 1. The number of nitrogens with zero attached hydrogens (tertiary/aromatic N) is 1. The molecule has 1 aliphatic rings. The lowest BCUT2D eigenvalue weighted by Gasteiger charge is -2.38. The molecule has 122 valence electrons. The summed E-state index contributed by atoms with van der Waals surface area (Å²) in [5, 5.41) is 0. The van der Waals surface area contributed by atoms with Gasteiger partial charge in [-0.05, 0) is 60.3 Å². The maximum Gasteiger partial charge on any atom is 0.254 e. The molecule has 1 saturated heterocycles. The highest BCUT2D eigenvalue weighted by Crippen LogP contribution is 2.26. The van der Waals surface area contributed by atoms with Gasteiger partial charge in [-0.3, -0.25) is 4.79 Å². The maximum absolute atomic E-state index is 12.8. The third kappa shape index (κ3) is 3.70. The van der Waals surface area contributed by atoms with E-state index in [2.05, 4.69) is 15.9 Å². The van der Waals surface area contributed by atoms with E-state index in [0.29, 0.717) is 16.6 Å². The number of piperidine rings is 1. The lowest BCUT2D eigenvalue weighted by atomic mass is 9.96. The van der Waals surface area contributed by atoms with Gasteiger partial charge >= 0.3 is 0 Å². The summed E-state index contributed by atoms with van der Waals surface area (Å²) >= 11 is 3.22. The molecule has 2 N–H and O–H groups in total. The predicted molar refractivity (Wildman–Crippen MR) is 89.6 cm³/mol. The fourth-order valence-electron chi connectivity index (χ4n) is 2.84. The van der Waals surface area contributed by atoms with Crippen LogP contribution in [0.25, 0.3) is 0 Å². The van der Waals surface area contributed by atoms with E-state index >= 15 is 0 Å².